The van der Waals surface area contributed by atoms with Gasteiger partial charge in [0.25, 0.3) is 0 Å². The molecular weight excluding hydrogens is 194 g/mol. The fourth-order valence-corrected chi connectivity index (χ4v) is 0.962. The average molecular weight is 205 g/mol. The van der Waals surface area contributed by atoms with Crippen molar-refractivity contribution in [1.82, 2.24) is 4.98 Å². The fourth-order valence-electron chi connectivity index (χ4n) is 0.962. The van der Waals surface area contributed by atoms with E-state index < -0.39 is 0 Å². The van der Waals surface area contributed by atoms with Gasteiger partial charge in [0, 0.05) is 17.5 Å². The Morgan fingerprint density at radius 3 is 3.13 bits per heavy atom. The number of azide groups is 1. The van der Waals surface area contributed by atoms with Crippen LogP contribution in [0.3, 0.4) is 0 Å². The molecule has 0 aliphatic rings. The van der Waals surface area contributed by atoms with Gasteiger partial charge in [0.2, 0.25) is 5.88 Å². The molecular formula is C9H11N5O. The predicted molar refractivity (Wildman–Crippen MR) is 58.2 cm³/mol. The normalized spacial score (nSPS) is 9.93. The van der Waals surface area contributed by atoms with Gasteiger partial charge in [0.1, 0.15) is 0 Å². The van der Waals surface area contributed by atoms with Crippen LogP contribution in [-0.2, 0) is 0 Å². The number of hydrogen-bond donors (Lipinski definition) is 1. The molecule has 1 rings (SSSR count). The summed E-state index contributed by atoms with van der Waals surface area (Å²) in [6.45, 7) is 0.273. The van der Waals surface area contributed by atoms with Gasteiger partial charge in [0.15, 0.2) is 0 Å². The van der Waals surface area contributed by atoms with E-state index in [0.29, 0.717) is 17.3 Å². The molecule has 1 aromatic heterocycles. The summed E-state index contributed by atoms with van der Waals surface area (Å²) in [7, 11) is 1.53. The first kappa shape index (κ1) is 10.9. The second-order valence-electron chi connectivity index (χ2n) is 2.64. The quantitative estimate of drug-likeness (QED) is 0.462. The van der Waals surface area contributed by atoms with Crippen LogP contribution in [0.2, 0.25) is 0 Å². The third-order valence-electron chi connectivity index (χ3n) is 1.67. The third kappa shape index (κ3) is 3.21. The van der Waals surface area contributed by atoms with Crippen LogP contribution in [0.25, 0.3) is 16.5 Å². The highest BCUT2D eigenvalue weighted by Crippen LogP contribution is 2.15. The number of ether oxygens (including phenoxy) is 1. The van der Waals surface area contributed by atoms with Crippen LogP contribution in [0.1, 0.15) is 5.69 Å². The number of rotatable bonds is 4. The molecule has 0 spiro atoms. The van der Waals surface area contributed by atoms with Gasteiger partial charge in [-0.25, -0.2) is 4.98 Å². The Labute approximate surface area is 87.0 Å². The number of nitrogens with zero attached hydrogens (tertiary/aromatic N) is 4. The number of nitrogens with two attached hydrogens (primary N) is 1. The van der Waals surface area contributed by atoms with E-state index in [0.717, 1.165) is 0 Å². The van der Waals surface area contributed by atoms with Crippen LogP contribution in [0.5, 0.6) is 5.88 Å². The molecule has 0 unspecified atom stereocenters. The van der Waals surface area contributed by atoms with Gasteiger partial charge in [0.05, 0.1) is 18.5 Å². The van der Waals surface area contributed by atoms with Crippen molar-refractivity contribution in [2.45, 2.75) is 0 Å². The molecule has 0 saturated heterocycles. The largest absolute Gasteiger partial charge is 0.481 e. The molecule has 1 heterocycles. The zero-order chi connectivity index (χ0) is 11.1. The molecule has 0 aromatic carbocycles. The molecule has 0 bridgehead atoms. The number of aromatic nitrogens is 1. The van der Waals surface area contributed by atoms with E-state index in [2.05, 4.69) is 15.0 Å². The Balaban J connectivity index is 2.83. The summed E-state index contributed by atoms with van der Waals surface area (Å²) in [6.07, 6.45) is 3.37. The summed E-state index contributed by atoms with van der Waals surface area (Å²) in [4.78, 5) is 6.74. The first-order valence-corrected chi connectivity index (χ1v) is 4.26. The maximum absolute atomic E-state index is 8.06. The van der Waals surface area contributed by atoms with Gasteiger partial charge in [-0.2, -0.15) is 0 Å². The number of pyridine rings is 1. The summed E-state index contributed by atoms with van der Waals surface area (Å²) in [6, 6.07) is 3.39. The third-order valence-corrected chi connectivity index (χ3v) is 1.67. The van der Waals surface area contributed by atoms with Gasteiger partial charge in [-0.05, 0) is 17.7 Å². The van der Waals surface area contributed by atoms with Crippen molar-refractivity contribution >= 4 is 11.8 Å². The van der Waals surface area contributed by atoms with Crippen LogP contribution < -0.4 is 10.5 Å². The van der Waals surface area contributed by atoms with Gasteiger partial charge >= 0.3 is 0 Å². The molecule has 6 heteroatoms. The first-order chi connectivity index (χ1) is 7.27. The van der Waals surface area contributed by atoms with Crippen LogP contribution in [-0.4, -0.2) is 18.6 Å². The van der Waals surface area contributed by atoms with Gasteiger partial charge in [-0.15, -0.1) is 0 Å². The lowest BCUT2D eigenvalue weighted by Gasteiger charge is -2.02. The Kier molecular flexibility index (Phi) is 4.00. The van der Waals surface area contributed by atoms with Gasteiger partial charge in [-0.1, -0.05) is 11.2 Å². The molecule has 78 valence electrons. The Morgan fingerprint density at radius 2 is 2.47 bits per heavy atom. The maximum Gasteiger partial charge on any atom is 0.213 e. The smallest absolute Gasteiger partial charge is 0.213 e. The van der Waals surface area contributed by atoms with Crippen molar-refractivity contribution < 1.29 is 4.74 Å². The first-order valence-electron chi connectivity index (χ1n) is 4.26. The zero-order valence-corrected chi connectivity index (χ0v) is 8.29. The molecule has 0 aliphatic heterocycles. The van der Waals surface area contributed by atoms with Crippen molar-refractivity contribution in [2.24, 2.45) is 5.11 Å². The van der Waals surface area contributed by atoms with Crippen LogP contribution in [0.15, 0.2) is 23.3 Å². The van der Waals surface area contributed by atoms with Crippen LogP contribution in [0, 0.1) is 0 Å². The van der Waals surface area contributed by atoms with E-state index in [-0.39, 0.29) is 6.54 Å². The fraction of sp³-hybridized carbons (Fsp3) is 0.222. The average Bonchev–Trinajstić information content (AvgIpc) is 2.26. The Morgan fingerprint density at radius 1 is 1.67 bits per heavy atom. The summed E-state index contributed by atoms with van der Waals surface area (Å²) in [5, 5.41) is 3.35. The monoisotopic (exact) mass is 205 g/mol. The summed E-state index contributed by atoms with van der Waals surface area (Å²) in [5.74, 6) is 0.493. The standard InChI is InChI=1S/C9H11N5O/c1-15-9-5-4-7(10)8(13-9)3-2-6-12-14-11/h2-5H,6,10H2,1H3. The summed E-state index contributed by atoms with van der Waals surface area (Å²) < 4.78 is 4.95. The van der Waals surface area contributed by atoms with Crippen molar-refractivity contribution in [3.63, 3.8) is 0 Å². The molecule has 0 amide bonds. The molecule has 2 N–H and O–H groups in total. The summed E-state index contributed by atoms with van der Waals surface area (Å²) in [5.41, 5.74) is 14.9. The predicted octanol–water partition coefficient (Wildman–Crippen LogP) is 2.00. The second kappa shape index (κ2) is 5.51. The number of nitrogen functional groups attached to an aromatic ring is 1. The number of hydrogen-bond acceptors (Lipinski definition) is 4. The van der Waals surface area contributed by atoms with E-state index in [4.69, 9.17) is 16.0 Å². The minimum absolute atomic E-state index is 0.273. The van der Waals surface area contributed by atoms with Crippen molar-refractivity contribution in [3.8, 4) is 5.88 Å². The van der Waals surface area contributed by atoms with Crippen molar-refractivity contribution in [1.29, 1.82) is 0 Å². The Hall–Kier alpha value is -2.20. The zero-order valence-electron chi connectivity index (χ0n) is 8.29. The highest BCUT2D eigenvalue weighted by Gasteiger charge is 1.98. The molecule has 1 aromatic rings. The highest BCUT2D eigenvalue weighted by molar-refractivity contribution is 5.61. The lowest BCUT2D eigenvalue weighted by Crippen LogP contribution is -1.95. The number of anilines is 1. The summed E-state index contributed by atoms with van der Waals surface area (Å²) >= 11 is 0. The topological polar surface area (TPSA) is 96.9 Å². The molecule has 0 atom stereocenters. The van der Waals surface area contributed by atoms with E-state index >= 15 is 0 Å². The van der Waals surface area contributed by atoms with Gasteiger partial charge in [-0.3, -0.25) is 0 Å². The van der Waals surface area contributed by atoms with Crippen molar-refractivity contribution in [3.05, 3.63) is 34.3 Å². The molecule has 15 heavy (non-hydrogen) atoms. The maximum atomic E-state index is 8.06. The highest BCUT2D eigenvalue weighted by atomic mass is 16.5. The van der Waals surface area contributed by atoms with E-state index in [9.17, 15) is 0 Å². The molecule has 6 nitrogen and oxygen atoms in total. The molecule has 0 radical (unpaired) electrons. The van der Waals surface area contributed by atoms with Gasteiger partial charge < -0.3 is 10.5 Å². The molecule has 0 fully saturated rings. The lowest BCUT2D eigenvalue weighted by molar-refractivity contribution is 0.398. The van der Waals surface area contributed by atoms with Crippen LogP contribution in [0.4, 0.5) is 5.69 Å². The van der Waals surface area contributed by atoms with Crippen LogP contribution >= 0.6 is 0 Å². The molecule has 0 saturated carbocycles. The molecule has 0 aliphatic carbocycles. The minimum Gasteiger partial charge on any atom is -0.481 e. The lowest BCUT2D eigenvalue weighted by atomic mass is 10.3. The second-order valence-corrected chi connectivity index (χ2v) is 2.64. The SMILES string of the molecule is COc1ccc(N)c(C=CCN=[N+]=[N-])n1. The van der Waals surface area contributed by atoms with Crippen molar-refractivity contribution in [2.75, 3.05) is 19.4 Å². The van der Waals surface area contributed by atoms with E-state index in [1.54, 1.807) is 24.3 Å². The minimum atomic E-state index is 0.273. The Bertz CT molecular complexity index is 409. The van der Waals surface area contributed by atoms with E-state index in [1.165, 1.54) is 7.11 Å². The van der Waals surface area contributed by atoms with E-state index in [1.807, 2.05) is 0 Å². The number of methoxy groups -OCH3 is 1.